The van der Waals surface area contributed by atoms with E-state index in [0.29, 0.717) is 22.8 Å². The highest BCUT2D eigenvalue weighted by Gasteiger charge is 2.15. The van der Waals surface area contributed by atoms with E-state index in [1.165, 1.54) is 5.56 Å². The van der Waals surface area contributed by atoms with Crippen LogP contribution in [0.5, 0.6) is 5.75 Å². The molecule has 0 aliphatic heterocycles. The van der Waals surface area contributed by atoms with Crippen molar-refractivity contribution in [2.75, 3.05) is 5.32 Å². The Hall–Kier alpha value is -3.18. The molecule has 0 aliphatic rings. The van der Waals surface area contributed by atoms with Gasteiger partial charge in [0, 0.05) is 23.4 Å². The molecule has 0 saturated heterocycles. The van der Waals surface area contributed by atoms with E-state index in [2.05, 4.69) is 31.4 Å². The van der Waals surface area contributed by atoms with Crippen molar-refractivity contribution in [3.8, 4) is 5.75 Å². The molecule has 172 valence electrons. The maximum atomic E-state index is 13.0. The monoisotopic (exact) mass is 460 g/mol. The largest absolute Gasteiger partial charge is 0.491 e. The van der Waals surface area contributed by atoms with Gasteiger partial charge < -0.3 is 15.4 Å². The van der Waals surface area contributed by atoms with Gasteiger partial charge in [-0.2, -0.15) is 0 Å². The summed E-state index contributed by atoms with van der Waals surface area (Å²) in [6, 6.07) is 23.2. The molecule has 0 amide bonds. The van der Waals surface area contributed by atoms with Gasteiger partial charge in [0.15, 0.2) is 10.9 Å². The van der Waals surface area contributed by atoms with Crippen LogP contribution in [0.2, 0.25) is 0 Å². The zero-order chi connectivity index (χ0) is 24.0. The molecule has 0 atom stereocenters. The van der Waals surface area contributed by atoms with Gasteiger partial charge in [-0.1, -0.05) is 69.3 Å². The number of carbonyl (C=O) groups is 1. The molecule has 0 spiro atoms. The number of carbonyl (C=O) groups excluding carboxylic acids is 1. The second-order valence-electron chi connectivity index (χ2n) is 9.36. The van der Waals surface area contributed by atoms with Crippen LogP contribution in [0.1, 0.15) is 61.7 Å². The van der Waals surface area contributed by atoms with Crippen LogP contribution in [0.25, 0.3) is 0 Å². The molecule has 3 aromatic rings. The Bertz CT molecular complexity index is 1100. The van der Waals surface area contributed by atoms with Crippen LogP contribution < -0.4 is 15.4 Å². The topological polar surface area (TPSA) is 50.4 Å². The van der Waals surface area contributed by atoms with Crippen LogP contribution in [-0.2, 0) is 12.0 Å². The van der Waals surface area contributed by atoms with Crippen molar-refractivity contribution in [2.24, 2.45) is 0 Å². The van der Waals surface area contributed by atoms with Crippen LogP contribution in [0.3, 0.4) is 0 Å². The minimum Gasteiger partial charge on any atom is -0.491 e. The molecular weight excluding hydrogens is 428 g/mol. The molecule has 0 radical (unpaired) electrons. The Balaban J connectivity index is 1.59. The first-order valence-electron chi connectivity index (χ1n) is 11.2. The van der Waals surface area contributed by atoms with Gasteiger partial charge >= 0.3 is 0 Å². The summed E-state index contributed by atoms with van der Waals surface area (Å²) in [5, 5.41) is 6.87. The maximum Gasteiger partial charge on any atom is 0.193 e. The van der Waals surface area contributed by atoms with Gasteiger partial charge in [0.1, 0.15) is 5.75 Å². The Morgan fingerprint density at radius 1 is 0.939 bits per heavy atom. The fourth-order valence-electron chi connectivity index (χ4n) is 3.34. The molecule has 5 heteroatoms. The third kappa shape index (κ3) is 7.16. The molecule has 4 nitrogen and oxygen atoms in total. The van der Waals surface area contributed by atoms with Crippen molar-refractivity contribution in [3.63, 3.8) is 0 Å². The number of hydrogen-bond donors (Lipinski definition) is 2. The van der Waals surface area contributed by atoms with Crippen molar-refractivity contribution in [2.45, 2.75) is 52.7 Å². The fourth-order valence-corrected chi connectivity index (χ4v) is 3.53. The van der Waals surface area contributed by atoms with Gasteiger partial charge in [-0.3, -0.25) is 4.79 Å². The Kier molecular flexibility index (Phi) is 7.88. The number of thiocarbonyl (C=S) groups is 1. The van der Waals surface area contributed by atoms with E-state index in [9.17, 15) is 4.79 Å². The van der Waals surface area contributed by atoms with Gasteiger partial charge in [0.25, 0.3) is 0 Å². The summed E-state index contributed by atoms with van der Waals surface area (Å²) >= 11 is 5.44. The minimum atomic E-state index is -0.0123. The molecule has 0 bridgehead atoms. The number of hydrogen-bond acceptors (Lipinski definition) is 3. The van der Waals surface area contributed by atoms with Crippen molar-refractivity contribution in [1.29, 1.82) is 0 Å². The predicted octanol–water partition coefficient (Wildman–Crippen LogP) is 6.49. The van der Waals surface area contributed by atoms with Crippen LogP contribution in [0.15, 0.2) is 72.8 Å². The summed E-state index contributed by atoms with van der Waals surface area (Å²) in [5.74, 6) is 0.839. The number of nitrogens with one attached hydrogen (secondary N) is 2. The summed E-state index contributed by atoms with van der Waals surface area (Å²) in [6.07, 6.45) is 0.149. The SMILES string of the molecule is CC(C)Oc1ccc(CNC(=S)Nc2cccc(C(=O)c3ccc(C(C)(C)C)cc3)c2)cc1. The van der Waals surface area contributed by atoms with E-state index < -0.39 is 0 Å². The molecule has 2 N–H and O–H groups in total. The highest BCUT2D eigenvalue weighted by Crippen LogP contribution is 2.23. The highest BCUT2D eigenvalue weighted by molar-refractivity contribution is 7.80. The Morgan fingerprint density at radius 2 is 1.61 bits per heavy atom. The molecule has 0 aliphatic carbocycles. The lowest BCUT2D eigenvalue weighted by Gasteiger charge is -2.19. The number of ketones is 1. The first-order chi connectivity index (χ1) is 15.6. The lowest BCUT2D eigenvalue weighted by molar-refractivity contribution is 0.103. The smallest absolute Gasteiger partial charge is 0.193 e. The number of rotatable bonds is 7. The lowest BCUT2D eigenvalue weighted by atomic mass is 9.86. The zero-order valence-corrected chi connectivity index (χ0v) is 20.8. The third-order valence-corrected chi connectivity index (χ3v) is 5.39. The van der Waals surface area contributed by atoms with E-state index >= 15 is 0 Å². The lowest BCUT2D eigenvalue weighted by Crippen LogP contribution is -2.27. The van der Waals surface area contributed by atoms with Crippen LogP contribution >= 0.6 is 12.2 Å². The molecule has 33 heavy (non-hydrogen) atoms. The summed E-state index contributed by atoms with van der Waals surface area (Å²) in [4.78, 5) is 13.0. The summed E-state index contributed by atoms with van der Waals surface area (Å²) in [5.41, 5.74) is 4.41. The van der Waals surface area contributed by atoms with Crippen molar-refractivity contribution >= 4 is 28.8 Å². The molecule has 3 aromatic carbocycles. The Labute approximate surface area is 202 Å². The van der Waals surface area contributed by atoms with Crippen LogP contribution in [0, 0.1) is 0 Å². The second-order valence-corrected chi connectivity index (χ2v) is 9.76. The van der Waals surface area contributed by atoms with Gasteiger partial charge in [-0.25, -0.2) is 0 Å². The molecular formula is C28H32N2O2S. The first-order valence-corrected chi connectivity index (χ1v) is 11.6. The van der Waals surface area contributed by atoms with Gasteiger partial charge in [-0.15, -0.1) is 0 Å². The van der Waals surface area contributed by atoms with Crippen molar-refractivity contribution in [1.82, 2.24) is 5.32 Å². The summed E-state index contributed by atoms with van der Waals surface area (Å²) in [7, 11) is 0. The second kappa shape index (κ2) is 10.6. The number of benzene rings is 3. The maximum absolute atomic E-state index is 13.0. The van der Waals surface area contributed by atoms with Crippen molar-refractivity contribution in [3.05, 3.63) is 95.1 Å². The van der Waals surface area contributed by atoms with Crippen molar-refractivity contribution < 1.29 is 9.53 Å². The molecule has 0 fully saturated rings. The summed E-state index contributed by atoms with van der Waals surface area (Å²) < 4.78 is 5.67. The van der Waals surface area contributed by atoms with Crippen LogP contribution in [0.4, 0.5) is 5.69 Å². The fraction of sp³-hybridized carbons (Fsp3) is 0.286. The highest BCUT2D eigenvalue weighted by atomic mass is 32.1. The quantitative estimate of drug-likeness (QED) is 0.312. The Morgan fingerprint density at radius 3 is 2.21 bits per heavy atom. The average Bonchev–Trinajstić information content (AvgIpc) is 2.77. The predicted molar refractivity (Wildman–Crippen MR) is 140 cm³/mol. The normalized spacial score (nSPS) is 11.2. The van der Waals surface area contributed by atoms with E-state index in [0.717, 1.165) is 17.0 Å². The zero-order valence-electron chi connectivity index (χ0n) is 19.9. The minimum absolute atomic E-state index is 0.0123. The number of anilines is 1. The van der Waals surface area contributed by atoms with Gasteiger partial charge in [0.05, 0.1) is 6.10 Å². The third-order valence-electron chi connectivity index (χ3n) is 5.14. The summed E-state index contributed by atoms with van der Waals surface area (Å²) in [6.45, 7) is 11.1. The number of ether oxygens (including phenoxy) is 1. The van der Waals surface area contributed by atoms with E-state index in [1.54, 1.807) is 0 Å². The van der Waals surface area contributed by atoms with E-state index in [4.69, 9.17) is 17.0 Å². The van der Waals surface area contributed by atoms with Gasteiger partial charge in [0.2, 0.25) is 0 Å². The van der Waals surface area contributed by atoms with Gasteiger partial charge in [-0.05, 0) is 66.9 Å². The molecule has 0 heterocycles. The average molecular weight is 461 g/mol. The molecule has 3 rings (SSSR count). The standard InChI is InChI=1S/C28H32N2O2S/c1-19(2)32-25-15-9-20(10-16-25)18-29-27(33)30-24-8-6-7-22(17-24)26(31)21-11-13-23(14-12-21)28(3,4)5/h6-17,19H,18H2,1-5H3,(H2,29,30,33). The van der Waals surface area contributed by atoms with E-state index in [-0.39, 0.29) is 17.3 Å². The molecule has 0 saturated carbocycles. The van der Waals surface area contributed by atoms with E-state index in [1.807, 2.05) is 86.6 Å². The first kappa shape index (κ1) is 24.5. The molecule has 0 aromatic heterocycles. The van der Waals surface area contributed by atoms with Crippen LogP contribution in [-0.4, -0.2) is 17.0 Å². The molecule has 0 unspecified atom stereocenters.